The van der Waals surface area contributed by atoms with E-state index in [9.17, 15) is 4.39 Å². The lowest BCUT2D eigenvalue weighted by atomic mass is 9.99. The highest BCUT2D eigenvalue weighted by atomic mass is 127. The van der Waals surface area contributed by atoms with Crippen molar-refractivity contribution in [3.8, 4) is 0 Å². The molecule has 1 aromatic rings. The number of nitrogens with one attached hydrogen (secondary N) is 2. The van der Waals surface area contributed by atoms with Crippen molar-refractivity contribution >= 4 is 29.9 Å². The van der Waals surface area contributed by atoms with Crippen molar-refractivity contribution in [1.82, 2.24) is 15.5 Å². The van der Waals surface area contributed by atoms with Gasteiger partial charge in [0.1, 0.15) is 5.82 Å². The van der Waals surface area contributed by atoms with Gasteiger partial charge in [-0.05, 0) is 75.4 Å². The molecule has 2 N–H and O–H groups in total. The van der Waals surface area contributed by atoms with E-state index in [0.717, 1.165) is 30.4 Å². The Morgan fingerprint density at radius 3 is 2.62 bits per heavy atom. The van der Waals surface area contributed by atoms with E-state index in [2.05, 4.69) is 27.4 Å². The summed E-state index contributed by atoms with van der Waals surface area (Å²) in [6.45, 7) is 9.32. The van der Waals surface area contributed by atoms with Crippen LogP contribution in [-0.4, -0.2) is 44.1 Å². The maximum atomic E-state index is 13.6. The van der Waals surface area contributed by atoms with E-state index >= 15 is 0 Å². The van der Waals surface area contributed by atoms with Crippen molar-refractivity contribution in [3.63, 3.8) is 0 Å². The fourth-order valence-electron chi connectivity index (χ4n) is 3.11. The van der Waals surface area contributed by atoms with Gasteiger partial charge in [0, 0.05) is 20.1 Å². The molecular formula is C20H34FIN4. The SMILES string of the molecule is CN=C(NCCCCN1CCC(C)CC1)NCc1ccc(C)c(F)c1.I. The van der Waals surface area contributed by atoms with Crippen LogP contribution in [0, 0.1) is 18.7 Å². The highest BCUT2D eigenvalue weighted by Crippen LogP contribution is 2.16. The molecule has 0 bridgehead atoms. The van der Waals surface area contributed by atoms with Crippen LogP contribution in [0.1, 0.15) is 43.7 Å². The molecule has 1 aliphatic rings. The number of nitrogens with zero attached hydrogens (tertiary/aromatic N) is 2. The Hall–Kier alpha value is -0.890. The zero-order valence-corrected chi connectivity index (χ0v) is 18.7. The average molecular weight is 476 g/mol. The molecule has 0 saturated carbocycles. The molecule has 1 aromatic carbocycles. The minimum absolute atomic E-state index is 0. The second-order valence-electron chi connectivity index (χ2n) is 7.17. The van der Waals surface area contributed by atoms with Gasteiger partial charge in [-0.3, -0.25) is 4.99 Å². The number of halogens is 2. The van der Waals surface area contributed by atoms with Crippen LogP contribution in [-0.2, 0) is 6.54 Å². The maximum Gasteiger partial charge on any atom is 0.191 e. The number of likely N-dealkylation sites (tertiary alicyclic amines) is 1. The molecule has 6 heteroatoms. The summed E-state index contributed by atoms with van der Waals surface area (Å²) in [4.78, 5) is 6.81. The van der Waals surface area contributed by atoms with Crippen molar-refractivity contribution in [2.75, 3.05) is 33.2 Å². The first-order valence-corrected chi connectivity index (χ1v) is 9.50. The molecule has 26 heavy (non-hydrogen) atoms. The second kappa shape index (κ2) is 12.5. The van der Waals surface area contributed by atoms with E-state index in [-0.39, 0.29) is 29.8 Å². The van der Waals surface area contributed by atoms with E-state index in [1.807, 2.05) is 12.1 Å². The zero-order chi connectivity index (χ0) is 18.1. The molecule has 0 radical (unpaired) electrons. The fourth-order valence-corrected chi connectivity index (χ4v) is 3.11. The van der Waals surface area contributed by atoms with Crippen LogP contribution in [0.5, 0.6) is 0 Å². The normalized spacial score (nSPS) is 16.2. The summed E-state index contributed by atoms with van der Waals surface area (Å²) in [5.74, 6) is 1.51. The number of benzene rings is 1. The Balaban J connectivity index is 0.00000338. The quantitative estimate of drug-likeness (QED) is 0.271. The number of piperidine rings is 1. The van der Waals surface area contributed by atoms with E-state index in [1.165, 1.54) is 38.9 Å². The molecule has 4 nitrogen and oxygen atoms in total. The van der Waals surface area contributed by atoms with E-state index in [4.69, 9.17) is 0 Å². The number of aryl methyl sites for hydroxylation is 1. The number of aliphatic imine (C=N–C) groups is 1. The molecule has 0 amide bonds. The lowest BCUT2D eigenvalue weighted by Crippen LogP contribution is -2.38. The van der Waals surface area contributed by atoms with E-state index < -0.39 is 0 Å². The predicted octanol–water partition coefficient (Wildman–Crippen LogP) is 3.93. The largest absolute Gasteiger partial charge is 0.356 e. The standard InChI is InChI=1S/C20H33FN4.HI/c1-16-8-12-25(13-9-16)11-5-4-10-23-20(22-3)24-15-18-7-6-17(2)19(21)14-18;/h6-7,14,16H,4-5,8-13,15H2,1-3H3,(H2,22,23,24);1H. The van der Waals surface area contributed by atoms with Gasteiger partial charge >= 0.3 is 0 Å². The van der Waals surface area contributed by atoms with E-state index in [1.54, 1.807) is 20.0 Å². The molecule has 1 fully saturated rings. The van der Waals surface area contributed by atoms with Crippen molar-refractivity contribution in [3.05, 3.63) is 35.1 Å². The molecule has 1 aliphatic heterocycles. The van der Waals surface area contributed by atoms with Crippen LogP contribution in [0.3, 0.4) is 0 Å². The first kappa shape index (κ1) is 23.1. The Kier molecular flexibility index (Phi) is 11.1. The van der Waals surface area contributed by atoms with Gasteiger partial charge in [-0.15, -0.1) is 24.0 Å². The van der Waals surface area contributed by atoms with Crippen LogP contribution in [0.4, 0.5) is 4.39 Å². The van der Waals surface area contributed by atoms with Crippen LogP contribution in [0.2, 0.25) is 0 Å². The lowest BCUT2D eigenvalue weighted by molar-refractivity contribution is 0.189. The monoisotopic (exact) mass is 476 g/mol. The molecule has 2 rings (SSSR count). The third kappa shape index (κ3) is 8.20. The van der Waals surface area contributed by atoms with Gasteiger partial charge in [-0.25, -0.2) is 4.39 Å². The van der Waals surface area contributed by atoms with Crippen LogP contribution in [0.15, 0.2) is 23.2 Å². The highest BCUT2D eigenvalue weighted by molar-refractivity contribution is 14.0. The Bertz CT molecular complexity index is 557. The minimum atomic E-state index is -0.158. The molecule has 0 spiro atoms. The molecule has 1 saturated heterocycles. The van der Waals surface area contributed by atoms with Crippen molar-refractivity contribution in [2.24, 2.45) is 10.9 Å². The molecule has 0 unspecified atom stereocenters. The van der Waals surface area contributed by atoms with Gasteiger partial charge < -0.3 is 15.5 Å². The number of guanidine groups is 1. The molecule has 0 aromatic heterocycles. The Morgan fingerprint density at radius 1 is 1.23 bits per heavy atom. The van der Waals surface area contributed by atoms with Crippen LogP contribution < -0.4 is 10.6 Å². The lowest BCUT2D eigenvalue weighted by Gasteiger charge is -2.30. The van der Waals surface area contributed by atoms with Gasteiger partial charge in [0.25, 0.3) is 0 Å². The summed E-state index contributed by atoms with van der Waals surface area (Å²) < 4.78 is 13.6. The topological polar surface area (TPSA) is 39.7 Å². The number of unbranched alkanes of at least 4 members (excludes halogenated alkanes) is 1. The second-order valence-corrected chi connectivity index (χ2v) is 7.17. The molecular weight excluding hydrogens is 442 g/mol. The van der Waals surface area contributed by atoms with Gasteiger partial charge in [0.05, 0.1) is 0 Å². The summed E-state index contributed by atoms with van der Waals surface area (Å²) in [5, 5.41) is 6.58. The molecule has 0 atom stereocenters. The van der Waals surface area contributed by atoms with Crippen LogP contribution >= 0.6 is 24.0 Å². The van der Waals surface area contributed by atoms with Crippen molar-refractivity contribution in [2.45, 2.75) is 46.1 Å². The third-order valence-corrected chi connectivity index (χ3v) is 4.99. The maximum absolute atomic E-state index is 13.6. The van der Waals surface area contributed by atoms with Gasteiger partial charge in [-0.1, -0.05) is 19.1 Å². The van der Waals surface area contributed by atoms with Gasteiger partial charge in [-0.2, -0.15) is 0 Å². The van der Waals surface area contributed by atoms with Gasteiger partial charge in [0.2, 0.25) is 0 Å². The Morgan fingerprint density at radius 2 is 1.96 bits per heavy atom. The Labute approximate surface area is 175 Å². The molecule has 1 heterocycles. The zero-order valence-electron chi connectivity index (χ0n) is 16.4. The smallest absolute Gasteiger partial charge is 0.191 e. The summed E-state index contributed by atoms with van der Waals surface area (Å²) >= 11 is 0. The van der Waals surface area contributed by atoms with Crippen molar-refractivity contribution in [1.29, 1.82) is 0 Å². The van der Waals surface area contributed by atoms with Gasteiger partial charge in [0.15, 0.2) is 5.96 Å². The summed E-state index contributed by atoms with van der Waals surface area (Å²) in [5.41, 5.74) is 1.60. The first-order valence-electron chi connectivity index (χ1n) is 9.50. The van der Waals surface area contributed by atoms with E-state index in [0.29, 0.717) is 12.1 Å². The fraction of sp³-hybridized carbons (Fsp3) is 0.650. The first-order chi connectivity index (χ1) is 12.1. The van der Waals surface area contributed by atoms with Crippen molar-refractivity contribution < 1.29 is 4.39 Å². The number of hydrogen-bond acceptors (Lipinski definition) is 2. The third-order valence-electron chi connectivity index (χ3n) is 4.99. The minimum Gasteiger partial charge on any atom is -0.356 e. The number of hydrogen-bond donors (Lipinski definition) is 2. The predicted molar refractivity (Wildman–Crippen MR) is 119 cm³/mol. The summed E-state index contributed by atoms with van der Waals surface area (Å²) in [7, 11) is 1.76. The van der Waals surface area contributed by atoms with Crippen LogP contribution in [0.25, 0.3) is 0 Å². The summed E-state index contributed by atoms with van der Waals surface area (Å²) in [6.07, 6.45) is 5.02. The average Bonchev–Trinajstić information content (AvgIpc) is 2.62. The number of rotatable bonds is 7. The molecule has 148 valence electrons. The highest BCUT2D eigenvalue weighted by Gasteiger charge is 2.14. The molecule has 0 aliphatic carbocycles. The summed E-state index contributed by atoms with van der Waals surface area (Å²) in [6, 6.07) is 5.33.